The first-order chi connectivity index (χ1) is 25.8. The molecule has 0 bridgehead atoms. The Hall–Kier alpha value is -4.88. The standard InChI is InChI=1S/C40H42N8O4/c1-3-19-50-37(5-1)47-39-31(25-43-47)29(11-13-41-39)27-7-9-33-35(23-27)52-36-24-28(8-10-34(36)46(33)16-15-45-17-21-49-22-18-45)30-12-14-42-40-32(30)26-44-48(40)38-6-2-4-20-51-38/h7-14,23-26,37-38H,1-6,15-22H2. The molecule has 3 saturated heterocycles. The monoisotopic (exact) mass is 698 g/mol. The molecule has 0 radical (unpaired) electrons. The van der Waals surface area contributed by atoms with E-state index in [4.69, 9.17) is 39.1 Å². The Labute approximate surface area is 301 Å². The molecule has 0 N–H and O–H groups in total. The summed E-state index contributed by atoms with van der Waals surface area (Å²) in [5.41, 5.74) is 8.02. The van der Waals surface area contributed by atoms with E-state index in [1.807, 2.05) is 34.2 Å². The Morgan fingerprint density at radius 2 is 1.17 bits per heavy atom. The molecule has 2 unspecified atom stereocenters. The van der Waals surface area contributed by atoms with Crippen LogP contribution < -0.4 is 9.64 Å². The fourth-order valence-electron chi connectivity index (χ4n) is 8.18. The molecule has 0 amide bonds. The van der Waals surface area contributed by atoms with E-state index < -0.39 is 0 Å². The van der Waals surface area contributed by atoms with Gasteiger partial charge in [-0.1, -0.05) is 12.1 Å². The number of ether oxygens (including phenoxy) is 4. The third-order valence-electron chi connectivity index (χ3n) is 10.9. The molecule has 52 heavy (non-hydrogen) atoms. The first-order valence-corrected chi connectivity index (χ1v) is 18.7. The smallest absolute Gasteiger partial charge is 0.161 e. The molecule has 4 aliphatic rings. The van der Waals surface area contributed by atoms with Crippen LogP contribution in [0.2, 0.25) is 0 Å². The van der Waals surface area contributed by atoms with E-state index in [9.17, 15) is 0 Å². The molecular formula is C40H42N8O4. The number of pyridine rings is 2. The highest BCUT2D eigenvalue weighted by atomic mass is 16.5. The van der Waals surface area contributed by atoms with Crippen LogP contribution in [-0.2, 0) is 14.2 Å². The van der Waals surface area contributed by atoms with E-state index in [1.165, 1.54) is 0 Å². The number of hydrogen-bond donors (Lipinski definition) is 0. The van der Waals surface area contributed by atoms with Crippen molar-refractivity contribution < 1.29 is 18.9 Å². The predicted octanol–water partition coefficient (Wildman–Crippen LogP) is 7.48. The molecule has 12 nitrogen and oxygen atoms in total. The van der Waals surface area contributed by atoms with Crippen LogP contribution in [0, 0.1) is 0 Å². The van der Waals surface area contributed by atoms with Gasteiger partial charge in [-0.2, -0.15) is 10.2 Å². The highest BCUT2D eigenvalue weighted by Crippen LogP contribution is 2.49. The lowest BCUT2D eigenvalue weighted by atomic mass is 10.00. The zero-order chi connectivity index (χ0) is 34.4. The van der Waals surface area contributed by atoms with Gasteiger partial charge in [-0.05, 0) is 97.2 Å². The molecule has 8 heterocycles. The van der Waals surface area contributed by atoms with Crippen LogP contribution in [0.1, 0.15) is 51.0 Å². The van der Waals surface area contributed by atoms with Crippen LogP contribution in [0.4, 0.5) is 11.4 Å². The minimum atomic E-state index is -0.0804. The number of aromatic nitrogens is 6. The van der Waals surface area contributed by atoms with E-state index in [0.29, 0.717) is 0 Å². The fraction of sp³-hybridized carbons (Fsp3) is 0.400. The van der Waals surface area contributed by atoms with Crippen molar-refractivity contribution in [3.8, 4) is 33.8 Å². The Kier molecular flexibility index (Phi) is 8.32. The van der Waals surface area contributed by atoms with Gasteiger partial charge in [0.1, 0.15) is 0 Å². The van der Waals surface area contributed by atoms with Gasteiger partial charge in [0.05, 0.1) is 37.0 Å². The second-order valence-corrected chi connectivity index (χ2v) is 14.1. The number of hydrogen-bond acceptors (Lipinski definition) is 10. The van der Waals surface area contributed by atoms with E-state index in [-0.39, 0.29) is 12.5 Å². The summed E-state index contributed by atoms with van der Waals surface area (Å²) >= 11 is 0. The summed E-state index contributed by atoms with van der Waals surface area (Å²) in [5.74, 6) is 1.64. The number of nitrogens with zero attached hydrogens (tertiary/aromatic N) is 8. The van der Waals surface area contributed by atoms with Gasteiger partial charge in [0, 0.05) is 62.6 Å². The summed E-state index contributed by atoms with van der Waals surface area (Å²) in [4.78, 5) is 14.4. The van der Waals surface area contributed by atoms with E-state index in [2.05, 4.69) is 58.3 Å². The summed E-state index contributed by atoms with van der Waals surface area (Å²) < 4.78 is 28.5. The zero-order valence-corrected chi connectivity index (χ0v) is 29.2. The summed E-state index contributed by atoms with van der Waals surface area (Å²) in [6.07, 6.45) is 13.7. The minimum absolute atomic E-state index is 0.0804. The molecule has 266 valence electrons. The average molecular weight is 699 g/mol. The SMILES string of the molecule is c1cc(-c2ccc3c(c2)Oc2cc(-c4ccnc5c4cnn5C4CCCCO4)ccc2N3CCN2CCOCC2)c2cnn(C3CCCCO3)c2n1. The molecule has 6 aromatic rings. The Morgan fingerprint density at radius 3 is 1.69 bits per heavy atom. The first kappa shape index (κ1) is 31.8. The Bertz CT molecular complexity index is 2090. The molecule has 4 aromatic heterocycles. The third-order valence-corrected chi connectivity index (χ3v) is 10.9. The van der Waals surface area contributed by atoms with Crippen molar-refractivity contribution >= 4 is 33.4 Å². The van der Waals surface area contributed by atoms with Crippen LogP contribution >= 0.6 is 0 Å². The summed E-state index contributed by atoms with van der Waals surface area (Å²) in [7, 11) is 0. The largest absolute Gasteiger partial charge is 0.453 e. The molecule has 0 saturated carbocycles. The van der Waals surface area contributed by atoms with E-state index in [0.717, 1.165) is 158 Å². The zero-order valence-electron chi connectivity index (χ0n) is 29.2. The number of anilines is 2. The molecule has 3 fully saturated rings. The number of morpholine rings is 1. The maximum Gasteiger partial charge on any atom is 0.161 e. The van der Waals surface area contributed by atoms with Gasteiger partial charge < -0.3 is 23.8 Å². The van der Waals surface area contributed by atoms with Gasteiger partial charge >= 0.3 is 0 Å². The lowest BCUT2D eigenvalue weighted by molar-refractivity contribution is -0.0371. The highest BCUT2D eigenvalue weighted by molar-refractivity contribution is 5.95. The maximum atomic E-state index is 6.86. The van der Waals surface area contributed by atoms with Gasteiger partial charge in [-0.3, -0.25) is 4.90 Å². The van der Waals surface area contributed by atoms with Crippen LogP contribution in [0.15, 0.2) is 73.3 Å². The molecule has 2 atom stereocenters. The van der Waals surface area contributed by atoms with Crippen LogP contribution in [0.25, 0.3) is 44.3 Å². The number of benzene rings is 2. The highest BCUT2D eigenvalue weighted by Gasteiger charge is 2.28. The molecule has 4 aliphatic heterocycles. The van der Waals surface area contributed by atoms with Gasteiger partial charge in [0.2, 0.25) is 0 Å². The average Bonchev–Trinajstić information content (AvgIpc) is 3.85. The second kappa shape index (κ2) is 13.6. The van der Waals surface area contributed by atoms with Crippen LogP contribution in [0.3, 0.4) is 0 Å². The minimum Gasteiger partial charge on any atom is -0.453 e. The molecule has 10 rings (SSSR count). The van der Waals surface area contributed by atoms with Crippen LogP contribution in [0.5, 0.6) is 11.5 Å². The van der Waals surface area contributed by atoms with Gasteiger partial charge in [0.15, 0.2) is 35.2 Å². The van der Waals surface area contributed by atoms with Gasteiger partial charge in [-0.15, -0.1) is 0 Å². The number of fused-ring (bicyclic) bond motifs is 4. The van der Waals surface area contributed by atoms with Crippen LogP contribution in [-0.4, -0.2) is 87.0 Å². The summed E-state index contributed by atoms with van der Waals surface area (Å²) in [5, 5.41) is 11.5. The lowest BCUT2D eigenvalue weighted by Crippen LogP contribution is -2.41. The summed E-state index contributed by atoms with van der Waals surface area (Å²) in [6, 6.07) is 17.2. The van der Waals surface area contributed by atoms with Crippen molar-refractivity contribution in [2.24, 2.45) is 0 Å². The number of rotatable bonds is 7. The van der Waals surface area contributed by atoms with Crippen molar-refractivity contribution in [1.82, 2.24) is 34.4 Å². The van der Waals surface area contributed by atoms with E-state index in [1.54, 1.807) is 0 Å². The second-order valence-electron chi connectivity index (χ2n) is 14.1. The van der Waals surface area contributed by atoms with Crippen molar-refractivity contribution in [3.05, 3.63) is 73.3 Å². The van der Waals surface area contributed by atoms with Gasteiger partial charge in [0.25, 0.3) is 0 Å². The topological polar surface area (TPSA) is 105 Å². The fourth-order valence-corrected chi connectivity index (χ4v) is 8.18. The van der Waals surface area contributed by atoms with Gasteiger partial charge in [-0.25, -0.2) is 19.3 Å². The van der Waals surface area contributed by atoms with Crippen molar-refractivity contribution in [1.29, 1.82) is 0 Å². The van der Waals surface area contributed by atoms with Crippen molar-refractivity contribution in [3.63, 3.8) is 0 Å². The lowest BCUT2D eigenvalue weighted by Gasteiger charge is -2.35. The van der Waals surface area contributed by atoms with E-state index >= 15 is 0 Å². The van der Waals surface area contributed by atoms with Crippen molar-refractivity contribution in [2.45, 2.75) is 51.0 Å². The molecule has 2 aromatic carbocycles. The Morgan fingerprint density at radius 1 is 0.615 bits per heavy atom. The van der Waals surface area contributed by atoms with Crippen molar-refractivity contribution in [2.75, 3.05) is 57.5 Å². The quantitative estimate of drug-likeness (QED) is 0.167. The molecule has 12 heteroatoms. The molecule has 0 aliphatic carbocycles. The Balaban J connectivity index is 1.02. The first-order valence-electron chi connectivity index (χ1n) is 18.7. The summed E-state index contributed by atoms with van der Waals surface area (Å²) in [6.45, 7) is 6.69. The predicted molar refractivity (Wildman–Crippen MR) is 198 cm³/mol. The normalized spacial score (nSPS) is 20.9. The third kappa shape index (κ3) is 5.70. The maximum absolute atomic E-state index is 6.86. The molecular weight excluding hydrogens is 656 g/mol. The molecule has 0 spiro atoms.